The Kier molecular flexibility index (Phi) is 5.23. The smallest absolute Gasteiger partial charge is 0.254 e. The van der Waals surface area contributed by atoms with E-state index in [1.54, 1.807) is 30.3 Å². The standard InChI is InChI=1S/C19H12ClF3N2O/c20-18-14(6-3-7-24-18)19(26)25-10-11-4-1-2-5-13(11)12-8-15(21)17(23)16(22)9-12/h1-9H,10H2,(H,25,26). The highest BCUT2D eigenvalue weighted by atomic mass is 35.5. The first-order valence-corrected chi connectivity index (χ1v) is 7.96. The third kappa shape index (κ3) is 3.70. The summed E-state index contributed by atoms with van der Waals surface area (Å²) >= 11 is 5.89. The van der Waals surface area contributed by atoms with Gasteiger partial charge in [0.25, 0.3) is 5.91 Å². The number of amides is 1. The number of nitrogens with zero attached hydrogens (tertiary/aromatic N) is 1. The minimum atomic E-state index is -1.52. The zero-order valence-electron chi connectivity index (χ0n) is 13.3. The predicted octanol–water partition coefficient (Wildman–Crippen LogP) is 4.75. The van der Waals surface area contributed by atoms with E-state index >= 15 is 0 Å². The van der Waals surface area contributed by atoms with Gasteiger partial charge in [0, 0.05) is 12.7 Å². The van der Waals surface area contributed by atoms with Crippen molar-refractivity contribution in [2.75, 3.05) is 0 Å². The van der Waals surface area contributed by atoms with Gasteiger partial charge in [-0.05, 0) is 41.0 Å². The third-order valence-electron chi connectivity index (χ3n) is 3.76. The number of pyridine rings is 1. The van der Waals surface area contributed by atoms with E-state index in [0.29, 0.717) is 11.1 Å². The Balaban J connectivity index is 1.87. The van der Waals surface area contributed by atoms with E-state index in [1.807, 2.05) is 0 Å². The molecule has 132 valence electrons. The fourth-order valence-corrected chi connectivity index (χ4v) is 2.70. The second kappa shape index (κ2) is 7.58. The van der Waals surface area contributed by atoms with Gasteiger partial charge >= 0.3 is 0 Å². The Bertz CT molecular complexity index is 955. The molecule has 0 bridgehead atoms. The fraction of sp³-hybridized carbons (Fsp3) is 0.0526. The quantitative estimate of drug-likeness (QED) is 0.527. The van der Waals surface area contributed by atoms with Crippen LogP contribution in [-0.4, -0.2) is 10.9 Å². The van der Waals surface area contributed by atoms with Crippen molar-refractivity contribution in [3.63, 3.8) is 0 Å². The van der Waals surface area contributed by atoms with Gasteiger partial charge in [0.05, 0.1) is 5.56 Å². The maximum absolute atomic E-state index is 13.5. The van der Waals surface area contributed by atoms with Crippen molar-refractivity contribution in [3.8, 4) is 11.1 Å². The monoisotopic (exact) mass is 376 g/mol. The molecular weight excluding hydrogens is 365 g/mol. The molecule has 3 rings (SSSR count). The molecule has 0 aliphatic rings. The Labute approximate surface area is 152 Å². The lowest BCUT2D eigenvalue weighted by Crippen LogP contribution is -2.23. The van der Waals surface area contributed by atoms with Gasteiger partial charge in [-0.25, -0.2) is 18.2 Å². The Morgan fingerprint density at radius 3 is 2.42 bits per heavy atom. The molecule has 0 unspecified atom stereocenters. The van der Waals surface area contributed by atoms with E-state index in [1.165, 1.54) is 12.3 Å². The summed E-state index contributed by atoms with van der Waals surface area (Å²) in [5.74, 6) is -4.51. The molecule has 2 aromatic carbocycles. The second-order valence-electron chi connectivity index (χ2n) is 5.44. The van der Waals surface area contributed by atoms with Gasteiger partial charge in [-0.15, -0.1) is 0 Å². The van der Waals surface area contributed by atoms with Crippen LogP contribution in [-0.2, 0) is 6.54 Å². The number of carbonyl (C=O) groups is 1. The average Bonchev–Trinajstić information content (AvgIpc) is 2.64. The molecule has 0 aliphatic heterocycles. The molecule has 3 nitrogen and oxygen atoms in total. The number of carbonyl (C=O) groups excluding carboxylic acids is 1. The highest BCUT2D eigenvalue weighted by Gasteiger charge is 2.15. The molecule has 1 heterocycles. The van der Waals surface area contributed by atoms with Crippen molar-refractivity contribution in [3.05, 3.63) is 88.5 Å². The van der Waals surface area contributed by atoms with Crippen LogP contribution in [0, 0.1) is 17.5 Å². The molecule has 0 atom stereocenters. The van der Waals surface area contributed by atoms with E-state index in [0.717, 1.165) is 12.1 Å². The number of rotatable bonds is 4. The lowest BCUT2D eigenvalue weighted by Gasteiger charge is -2.12. The van der Waals surface area contributed by atoms with Crippen LogP contribution in [0.2, 0.25) is 5.15 Å². The maximum atomic E-state index is 13.5. The molecule has 0 saturated heterocycles. The van der Waals surface area contributed by atoms with E-state index in [-0.39, 0.29) is 22.8 Å². The Morgan fingerprint density at radius 1 is 1.04 bits per heavy atom. The van der Waals surface area contributed by atoms with Gasteiger partial charge in [0.1, 0.15) is 5.15 Å². The number of halogens is 4. The molecule has 1 amide bonds. The zero-order valence-corrected chi connectivity index (χ0v) is 14.0. The van der Waals surface area contributed by atoms with E-state index < -0.39 is 23.4 Å². The van der Waals surface area contributed by atoms with Crippen molar-refractivity contribution in [1.82, 2.24) is 10.3 Å². The van der Waals surface area contributed by atoms with Crippen LogP contribution in [0.4, 0.5) is 13.2 Å². The van der Waals surface area contributed by atoms with Crippen molar-refractivity contribution < 1.29 is 18.0 Å². The van der Waals surface area contributed by atoms with Gasteiger partial charge in [-0.3, -0.25) is 4.79 Å². The predicted molar refractivity (Wildman–Crippen MR) is 92.2 cm³/mol. The van der Waals surface area contributed by atoms with Crippen molar-refractivity contribution in [2.24, 2.45) is 0 Å². The summed E-state index contributed by atoms with van der Waals surface area (Å²) in [6.45, 7) is 0.0842. The van der Waals surface area contributed by atoms with E-state index in [9.17, 15) is 18.0 Å². The first kappa shape index (κ1) is 17.9. The van der Waals surface area contributed by atoms with Gasteiger partial charge in [0.15, 0.2) is 17.5 Å². The Morgan fingerprint density at radius 2 is 1.73 bits per heavy atom. The third-order valence-corrected chi connectivity index (χ3v) is 4.06. The molecule has 7 heteroatoms. The molecule has 0 aliphatic carbocycles. The van der Waals surface area contributed by atoms with Gasteiger partial charge in [0.2, 0.25) is 0 Å². The first-order valence-electron chi connectivity index (χ1n) is 7.59. The van der Waals surface area contributed by atoms with Crippen LogP contribution in [0.15, 0.2) is 54.7 Å². The summed E-state index contributed by atoms with van der Waals surface area (Å²) in [4.78, 5) is 16.1. The number of aromatic nitrogens is 1. The van der Waals surface area contributed by atoms with Gasteiger partial charge in [-0.1, -0.05) is 35.9 Å². The molecule has 0 radical (unpaired) electrons. The largest absolute Gasteiger partial charge is 0.348 e. The van der Waals surface area contributed by atoms with Crippen LogP contribution < -0.4 is 5.32 Å². The summed E-state index contributed by atoms with van der Waals surface area (Å²) in [5.41, 5.74) is 1.46. The molecule has 1 aromatic heterocycles. The lowest BCUT2D eigenvalue weighted by molar-refractivity contribution is 0.0951. The normalized spacial score (nSPS) is 10.6. The van der Waals surface area contributed by atoms with Crippen LogP contribution in [0.25, 0.3) is 11.1 Å². The van der Waals surface area contributed by atoms with Gasteiger partial charge < -0.3 is 5.32 Å². The molecule has 0 saturated carbocycles. The number of benzene rings is 2. The molecule has 3 aromatic rings. The number of hydrogen-bond acceptors (Lipinski definition) is 2. The van der Waals surface area contributed by atoms with Crippen molar-refractivity contribution in [1.29, 1.82) is 0 Å². The summed E-state index contributed by atoms with van der Waals surface area (Å²) in [7, 11) is 0. The number of nitrogens with one attached hydrogen (secondary N) is 1. The highest BCUT2D eigenvalue weighted by molar-refractivity contribution is 6.32. The average molecular weight is 377 g/mol. The second-order valence-corrected chi connectivity index (χ2v) is 5.79. The zero-order chi connectivity index (χ0) is 18.7. The summed E-state index contributed by atoms with van der Waals surface area (Å²) < 4.78 is 40.2. The summed E-state index contributed by atoms with van der Waals surface area (Å²) in [5, 5.41) is 2.75. The minimum Gasteiger partial charge on any atom is -0.348 e. The van der Waals surface area contributed by atoms with Crippen molar-refractivity contribution >= 4 is 17.5 Å². The van der Waals surface area contributed by atoms with Crippen LogP contribution >= 0.6 is 11.6 Å². The Hall–Kier alpha value is -2.86. The highest BCUT2D eigenvalue weighted by Crippen LogP contribution is 2.27. The fourth-order valence-electron chi connectivity index (χ4n) is 2.49. The van der Waals surface area contributed by atoms with Crippen molar-refractivity contribution in [2.45, 2.75) is 6.54 Å². The topological polar surface area (TPSA) is 42.0 Å². The van der Waals surface area contributed by atoms with E-state index in [4.69, 9.17) is 11.6 Å². The summed E-state index contributed by atoms with van der Waals surface area (Å²) in [6, 6.07) is 11.7. The number of hydrogen-bond donors (Lipinski definition) is 1. The van der Waals surface area contributed by atoms with E-state index in [2.05, 4.69) is 10.3 Å². The first-order chi connectivity index (χ1) is 12.5. The molecule has 0 spiro atoms. The molecular formula is C19H12ClF3N2O. The van der Waals surface area contributed by atoms with Crippen LogP contribution in [0.5, 0.6) is 0 Å². The minimum absolute atomic E-state index is 0.0703. The van der Waals surface area contributed by atoms with Crippen LogP contribution in [0.1, 0.15) is 15.9 Å². The van der Waals surface area contributed by atoms with Gasteiger partial charge in [-0.2, -0.15) is 0 Å². The molecule has 1 N–H and O–H groups in total. The maximum Gasteiger partial charge on any atom is 0.254 e. The molecule has 0 fully saturated rings. The SMILES string of the molecule is O=C(NCc1ccccc1-c1cc(F)c(F)c(F)c1)c1cccnc1Cl. The summed E-state index contributed by atoms with van der Waals surface area (Å²) in [6.07, 6.45) is 1.46. The lowest BCUT2D eigenvalue weighted by atomic mass is 9.99. The molecule has 26 heavy (non-hydrogen) atoms. The van der Waals surface area contributed by atoms with Crippen LogP contribution in [0.3, 0.4) is 0 Å².